The minimum absolute atomic E-state index is 0.122. The van der Waals surface area contributed by atoms with E-state index in [1.54, 1.807) is 0 Å². The molecule has 6 rings (SSSR count). The topological polar surface area (TPSA) is 28.2 Å². The third-order valence-electron chi connectivity index (χ3n) is 10.7. The third kappa shape index (κ3) is 4.75. The zero-order valence-corrected chi connectivity index (χ0v) is 27.9. The van der Waals surface area contributed by atoms with Crippen molar-refractivity contribution in [2.24, 2.45) is 34.5 Å². The highest BCUT2D eigenvalue weighted by molar-refractivity contribution is 6.76. The molecule has 3 nitrogen and oxygen atoms in total. The van der Waals surface area contributed by atoms with E-state index < -0.39 is 8.24 Å². The average Bonchev–Trinajstić information content (AvgIpc) is 3.38. The summed E-state index contributed by atoms with van der Waals surface area (Å²) in [7, 11) is -2.09. The maximum Gasteiger partial charge on any atom is 0.129 e. The first-order chi connectivity index (χ1) is 19.1. The van der Waals surface area contributed by atoms with E-state index in [-0.39, 0.29) is 22.5 Å². The van der Waals surface area contributed by atoms with E-state index in [1.165, 1.54) is 16.7 Å². The smallest absolute Gasteiger partial charge is 0.129 e. The van der Waals surface area contributed by atoms with Crippen LogP contribution in [0.25, 0.3) is 5.57 Å². The number of nitrogens with one attached hydrogen (secondary N) is 1. The summed E-state index contributed by atoms with van der Waals surface area (Å²) in [4.78, 5) is 4.77. The van der Waals surface area contributed by atoms with Crippen LogP contribution in [0.3, 0.4) is 0 Å². The van der Waals surface area contributed by atoms with Crippen molar-refractivity contribution < 1.29 is 0 Å². The Hall–Kier alpha value is -2.27. The van der Waals surface area contributed by atoms with E-state index >= 15 is 0 Å². The summed E-state index contributed by atoms with van der Waals surface area (Å²) in [6, 6.07) is 6.84. The molecule has 0 amide bonds. The molecule has 1 N–H and O–H groups in total. The van der Waals surface area contributed by atoms with Gasteiger partial charge in [-0.1, -0.05) is 115 Å². The van der Waals surface area contributed by atoms with Crippen LogP contribution in [0.15, 0.2) is 90.2 Å². The van der Waals surface area contributed by atoms with Crippen LogP contribution >= 0.6 is 0 Å². The predicted octanol–water partition coefficient (Wildman–Crippen LogP) is 8.55. The number of allylic oxidation sites excluding steroid dienone is 10. The minimum Gasteiger partial charge on any atom is -0.299 e. The molecule has 41 heavy (non-hydrogen) atoms. The Kier molecular flexibility index (Phi) is 6.76. The molecule has 218 valence electrons. The van der Waals surface area contributed by atoms with Crippen molar-refractivity contribution in [3.05, 3.63) is 95.9 Å². The molecule has 1 aromatic rings. The molecule has 0 aromatic carbocycles. The van der Waals surface area contributed by atoms with Gasteiger partial charge >= 0.3 is 0 Å². The van der Waals surface area contributed by atoms with Crippen LogP contribution in [0.1, 0.15) is 61.1 Å². The number of rotatable bonds is 3. The highest BCUT2D eigenvalue weighted by atomic mass is 28.3. The Morgan fingerprint density at radius 1 is 0.829 bits per heavy atom. The number of fused-ring (bicyclic) bond motifs is 4. The largest absolute Gasteiger partial charge is 0.299 e. The second-order valence-electron chi connectivity index (χ2n) is 16.2. The molecule has 1 saturated carbocycles. The van der Waals surface area contributed by atoms with Gasteiger partial charge in [-0.05, 0) is 82.7 Å². The molecule has 2 heterocycles. The van der Waals surface area contributed by atoms with Crippen LogP contribution in [0.4, 0.5) is 0 Å². The van der Waals surface area contributed by atoms with Crippen LogP contribution in [0, 0.1) is 34.5 Å². The molecule has 6 atom stereocenters. The molecule has 0 radical (unpaired) electrons. The number of nitrogens with zero attached hydrogens (tertiary/aromatic N) is 2. The molecular weight excluding hydrogens is 515 g/mol. The monoisotopic (exact) mass is 565 g/mol. The maximum atomic E-state index is 4.77. The van der Waals surface area contributed by atoms with Crippen LogP contribution < -0.4 is 5.32 Å². The third-order valence-corrected chi connectivity index (χ3v) is 15.2. The van der Waals surface area contributed by atoms with Crippen molar-refractivity contribution in [1.29, 1.82) is 0 Å². The van der Waals surface area contributed by atoms with E-state index in [1.807, 2.05) is 12.3 Å². The van der Waals surface area contributed by atoms with Gasteiger partial charge in [0, 0.05) is 12.2 Å². The summed E-state index contributed by atoms with van der Waals surface area (Å²) in [5.74, 6) is 2.24. The maximum absolute atomic E-state index is 4.77. The lowest BCUT2D eigenvalue weighted by atomic mass is 9.74. The van der Waals surface area contributed by atoms with Gasteiger partial charge in [0.1, 0.15) is 8.24 Å². The molecule has 5 unspecified atom stereocenters. The SMILES string of the molecule is CC(C)(C)C1=CC2C(C=C1)C1C=CC(C(C)(C)C)=CC1C2[Si](C)(C)N1[C@@H]2C=CC=C(c3ccccn3)C2NC1(C)C. The van der Waals surface area contributed by atoms with Gasteiger partial charge < -0.3 is 0 Å². The lowest BCUT2D eigenvalue weighted by molar-refractivity contribution is 0.226. The molecule has 1 saturated heterocycles. The van der Waals surface area contributed by atoms with Gasteiger partial charge in [0.25, 0.3) is 0 Å². The van der Waals surface area contributed by atoms with Crippen LogP contribution in [0.2, 0.25) is 18.6 Å². The normalized spacial score (nSPS) is 34.5. The molecule has 0 spiro atoms. The van der Waals surface area contributed by atoms with E-state index in [0.717, 1.165) is 5.69 Å². The molecule has 1 aliphatic heterocycles. The number of hydrogen-bond acceptors (Lipinski definition) is 3. The molecule has 4 heteroatoms. The lowest BCUT2D eigenvalue weighted by Gasteiger charge is -2.51. The fraction of sp³-hybridized carbons (Fsp3) is 0.541. The van der Waals surface area contributed by atoms with Gasteiger partial charge in [-0.3, -0.25) is 14.9 Å². The van der Waals surface area contributed by atoms with Gasteiger partial charge in [-0.25, -0.2) is 0 Å². The van der Waals surface area contributed by atoms with Crippen LogP contribution in [0.5, 0.6) is 0 Å². The van der Waals surface area contributed by atoms with Crippen LogP contribution in [-0.2, 0) is 0 Å². The Morgan fingerprint density at radius 2 is 1.41 bits per heavy atom. The molecule has 4 aliphatic carbocycles. The van der Waals surface area contributed by atoms with Crippen LogP contribution in [-0.4, -0.2) is 35.5 Å². The van der Waals surface area contributed by atoms with Gasteiger partial charge in [0.2, 0.25) is 0 Å². The Labute approximate surface area is 250 Å². The second-order valence-corrected chi connectivity index (χ2v) is 20.7. The summed E-state index contributed by atoms with van der Waals surface area (Å²) < 4.78 is 2.97. The molecule has 5 aliphatic rings. The number of pyridine rings is 1. The first kappa shape index (κ1) is 28.8. The number of hydrogen-bond donors (Lipinski definition) is 1. The van der Waals surface area contributed by atoms with Gasteiger partial charge in [-0.15, -0.1) is 0 Å². The van der Waals surface area contributed by atoms with E-state index in [2.05, 4.69) is 145 Å². The highest BCUT2D eigenvalue weighted by Gasteiger charge is 2.62. The first-order valence-corrected chi connectivity index (χ1v) is 18.8. The van der Waals surface area contributed by atoms with Crippen molar-refractivity contribution in [1.82, 2.24) is 14.9 Å². The summed E-state index contributed by atoms with van der Waals surface area (Å²) in [6.45, 7) is 24.4. The highest BCUT2D eigenvalue weighted by Crippen LogP contribution is 2.62. The second kappa shape index (κ2) is 9.62. The lowest BCUT2D eigenvalue weighted by Crippen LogP contribution is -2.64. The van der Waals surface area contributed by atoms with Crippen molar-refractivity contribution >= 4 is 13.8 Å². The molecule has 2 fully saturated rings. The van der Waals surface area contributed by atoms with Gasteiger partial charge in [0.05, 0.1) is 17.4 Å². The Bertz CT molecular complexity index is 1320. The summed E-state index contributed by atoms with van der Waals surface area (Å²) in [6.07, 6.45) is 24.5. The predicted molar refractivity (Wildman–Crippen MR) is 177 cm³/mol. The van der Waals surface area contributed by atoms with Crippen molar-refractivity contribution in [3.8, 4) is 0 Å². The average molecular weight is 566 g/mol. The standard InChI is InChI=1S/C37H51N3Si/c1-35(2,3)24-17-19-26-27-20-18-25(36(4,5)6)23-30(27)34(29(26)22-24)41(9,10)40-32-16-13-14-28(31-15-11-12-21-38-31)33(32)39-37(40,7)8/h11-23,26-27,29-30,32-34,39H,1-10H3/t26?,27?,29?,30?,32-,33?,34?/m1/s1. The summed E-state index contributed by atoms with van der Waals surface area (Å²) in [5.41, 5.74) is 6.21. The van der Waals surface area contributed by atoms with E-state index in [0.29, 0.717) is 35.3 Å². The summed E-state index contributed by atoms with van der Waals surface area (Å²) >= 11 is 0. The minimum atomic E-state index is -2.09. The van der Waals surface area contributed by atoms with Crippen molar-refractivity contribution in [3.63, 3.8) is 0 Å². The van der Waals surface area contributed by atoms with Crippen molar-refractivity contribution in [2.45, 2.75) is 91.8 Å². The molecule has 1 aromatic heterocycles. The zero-order valence-electron chi connectivity index (χ0n) is 26.9. The molecule has 0 bridgehead atoms. The first-order valence-electron chi connectivity index (χ1n) is 15.8. The van der Waals surface area contributed by atoms with E-state index in [4.69, 9.17) is 4.98 Å². The Morgan fingerprint density at radius 3 is 1.93 bits per heavy atom. The van der Waals surface area contributed by atoms with E-state index in [9.17, 15) is 0 Å². The zero-order chi connectivity index (χ0) is 29.5. The molecular formula is C37H51N3Si. The summed E-state index contributed by atoms with van der Waals surface area (Å²) in [5, 5.41) is 4.11. The fourth-order valence-electron chi connectivity index (χ4n) is 9.02. The Balaban J connectivity index is 1.45. The quantitative estimate of drug-likeness (QED) is 0.372. The fourth-order valence-corrected chi connectivity index (χ4v) is 14.4. The van der Waals surface area contributed by atoms with Crippen molar-refractivity contribution in [2.75, 3.05) is 0 Å². The van der Waals surface area contributed by atoms with Gasteiger partial charge in [-0.2, -0.15) is 0 Å². The number of aromatic nitrogens is 1. The van der Waals surface area contributed by atoms with Gasteiger partial charge in [0.15, 0.2) is 0 Å².